The van der Waals surface area contributed by atoms with E-state index in [0.717, 1.165) is 24.2 Å². The van der Waals surface area contributed by atoms with Crippen LogP contribution in [0.15, 0.2) is 42.7 Å². The number of pyridine rings is 1. The maximum absolute atomic E-state index is 9.58. The highest BCUT2D eigenvalue weighted by atomic mass is 35.5. The summed E-state index contributed by atoms with van der Waals surface area (Å²) in [7, 11) is 2.04. The zero-order valence-corrected chi connectivity index (χ0v) is 12.5. The van der Waals surface area contributed by atoms with E-state index in [0.29, 0.717) is 5.02 Å². The second-order valence-corrected chi connectivity index (χ2v) is 5.32. The van der Waals surface area contributed by atoms with Gasteiger partial charge in [0.1, 0.15) is 0 Å². The molecular formula is C16H19ClN2O. The highest BCUT2D eigenvalue weighted by molar-refractivity contribution is 6.31. The molecule has 3 nitrogen and oxygen atoms in total. The Morgan fingerprint density at radius 1 is 1.25 bits per heavy atom. The molecule has 1 aromatic carbocycles. The fraction of sp³-hybridized carbons (Fsp3) is 0.312. The van der Waals surface area contributed by atoms with Crippen LogP contribution in [-0.4, -0.2) is 23.7 Å². The number of aliphatic hydroxyl groups excluding tert-OH is 1. The van der Waals surface area contributed by atoms with Crippen LogP contribution < -0.4 is 4.90 Å². The average molecular weight is 291 g/mol. The Morgan fingerprint density at radius 3 is 2.55 bits per heavy atom. The Balaban J connectivity index is 2.02. The summed E-state index contributed by atoms with van der Waals surface area (Å²) in [6.45, 7) is 2.61. The van der Waals surface area contributed by atoms with Gasteiger partial charge in [0.15, 0.2) is 0 Å². The normalized spacial score (nSPS) is 12.2. The molecule has 2 rings (SSSR count). The first-order chi connectivity index (χ1) is 9.58. The first-order valence-electron chi connectivity index (χ1n) is 6.65. The second kappa shape index (κ2) is 6.73. The molecule has 0 aliphatic rings. The summed E-state index contributed by atoms with van der Waals surface area (Å²) in [5.74, 6) is 0. The van der Waals surface area contributed by atoms with E-state index in [4.69, 9.17) is 11.6 Å². The lowest BCUT2D eigenvalue weighted by molar-refractivity contribution is 0.199. The molecule has 1 N–H and O–H groups in total. The van der Waals surface area contributed by atoms with Gasteiger partial charge < -0.3 is 10.0 Å². The first kappa shape index (κ1) is 14.8. The highest BCUT2D eigenvalue weighted by Gasteiger charge is 2.09. The molecule has 0 aliphatic carbocycles. The average Bonchev–Trinajstić information content (AvgIpc) is 2.45. The SMILES string of the molecule is CC(O)c1ccc(N(C)CCc2ccncc2)cc1Cl. The van der Waals surface area contributed by atoms with E-state index in [-0.39, 0.29) is 0 Å². The number of aliphatic hydroxyl groups is 1. The molecule has 0 spiro atoms. The molecule has 0 aliphatic heterocycles. The summed E-state index contributed by atoms with van der Waals surface area (Å²) >= 11 is 6.19. The molecule has 1 heterocycles. The molecule has 1 unspecified atom stereocenters. The number of aromatic nitrogens is 1. The molecular weight excluding hydrogens is 272 g/mol. The van der Waals surface area contributed by atoms with E-state index in [2.05, 4.69) is 9.88 Å². The maximum atomic E-state index is 9.58. The number of likely N-dealkylation sites (N-methyl/N-ethyl adjacent to an activating group) is 1. The fourth-order valence-electron chi connectivity index (χ4n) is 2.07. The molecule has 20 heavy (non-hydrogen) atoms. The lowest BCUT2D eigenvalue weighted by Gasteiger charge is -2.20. The van der Waals surface area contributed by atoms with Gasteiger partial charge in [-0.3, -0.25) is 4.98 Å². The van der Waals surface area contributed by atoms with E-state index in [1.165, 1.54) is 5.56 Å². The molecule has 0 fully saturated rings. The van der Waals surface area contributed by atoms with Crippen molar-refractivity contribution in [1.29, 1.82) is 0 Å². The molecule has 0 radical (unpaired) electrons. The predicted octanol–water partition coefficient (Wildman–Crippen LogP) is 3.47. The van der Waals surface area contributed by atoms with Crippen molar-refractivity contribution in [3.05, 3.63) is 58.9 Å². The minimum absolute atomic E-state index is 0.543. The smallest absolute Gasteiger partial charge is 0.0776 e. The largest absolute Gasteiger partial charge is 0.389 e. The van der Waals surface area contributed by atoms with Crippen LogP contribution in [0, 0.1) is 0 Å². The minimum Gasteiger partial charge on any atom is -0.389 e. The molecule has 0 saturated carbocycles. The third-order valence-electron chi connectivity index (χ3n) is 3.36. The van der Waals surface area contributed by atoms with Gasteiger partial charge in [0.2, 0.25) is 0 Å². The van der Waals surface area contributed by atoms with Crippen LogP contribution in [-0.2, 0) is 6.42 Å². The number of halogens is 1. The molecule has 0 saturated heterocycles. The molecule has 1 atom stereocenters. The first-order valence-corrected chi connectivity index (χ1v) is 7.03. The van der Waals surface area contributed by atoms with E-state index < -0.39 is 6.10 Å². The lowest BCUT2D eigenvalue weighted by Crippen LogP contribution is -2.20. The van der Waals surface area contributed by atoms with Crippen molar-refractivity contribution in [2.24, 2.45) is 0 Å². The van der Waals surface area contributed by atoms with Crippen LogP contribution in [0.4, 0.5) is 5.69 Å². The van der Waals surface area contributed by atoms with Gasteiger partial charge in [-0.1, -0.05) is 17.7 Å². The zero-order chi connectivity index (χ0) is 14.5. The molecule has 4 heteroatoms. The standard InChI is InChI=1S/C16H19ClN2O/c1-12(20)15-4-3-14(11-16(15)17)19(2)10-7-13-5-8-18-9-6-13/h3-6,8-9,11-12,20H,7,10H2,1-2H3. The Kier molecular flexibility index (Phi) is 4.99. The summed E-state index contributed by atoms with van der Waals surface area (Å²) in [6, 6.07) is 9.82. The number of hydrogen-bond donors (Lipinski definition) is 1. The van der Waals surface area contributed by atoms with Crippen LogP contribution in [0.25, 0.3) is 0 Å². The molecule has 1 aromatic heterocycles. The van der Waals surface area contributed by atoms with Gasteiger partial charge in [0, 0.05) is 36.7 Å². The lowest BCUT2D eigenvalue weighted by atomic mass is 10.1. The van der Waals surface area contributed by atoms with Gasteiger partial charge in [-0.15, -0.1) is 0 Å². The van der Waals surface area contributed by atoms with E-state index in [1.807, 2.05) is 49.8 Å². The van der Waals surface area contributed by atoms with Gasteiger partial charge in [-0.2, -0.15) is 0 Å². The summed E-state index contributed by atoms with van der Waals surface area (Å²) in [4.78, 5) is 6.16. The summed E-state index contributed by atoms with van der Waals surface area (Å²) < 4.78 is 0. The number of rotatable bonds is 5. The zero-order valence-electron chi connectivity index (χ0n) is 11.8. The van der Waals surface area contributed by atoms with Gasteiger partial charge >= 0.3 is 0 Å². The van der Waals surface area contributed by atoms with Crippen molar-refractivity contribution in [3.63, 3.8) is 0 Å². The van der Waals surface area contributed by atoms with Crippen LogP contribution in [0.1, 0.15) is 24.2 Å². The molecule has 2 aromatic rings. The third-order valence-corrected chi connectivity index (χ3v) is 3.69. The van der Waals surface area contributed by atoms with Crippen LogP contribution in [0.2, 0.25) is 5.02 Å². The van der Waals surface area contributed by atoms with Gasteiger partial charge in [-0.25, -0.2) is 0 Å². The van der Waals surface area contributed by atoms with Crippen LogP contribution in [0.5, 0.6) is 0 Å². The molecule has 0 bridgehead atoms. The Hall–Kier alpha value is -1.58. The minimum atomic E-state index is -0.543. The van der Waals surface area contributed by atoms with Crippen molar-refractivity contribution in [2.45, 2.75) is 19.4 Å². The fourth-order valence-corrected chi connectivity index (χ4v) is 2.40. The number of hydrogen-bond acceptors (Lipinski definition) is 3. The number of benzene rings is 1. The molecule has 0 amide bonds. The second-order valence-electron chi connectivity index (χ2n) is 4.91. The highest BCUT2D eigenvalue weighted by Crippen LogP contribution is 2.27. The van der Waals surface area contributed by atoms with Crippen molar-refractivity contribution in [2.75, 3.05) is 18.5 Å². The Morgan fingerprint density at radius 2 is 1.95 bits per heavy atom. The molecule has 106 valence electrons. The Labute approximate surface area is 124 Å². The monoisotopic (exact) mass is 290 g/mol. The summed E-state index contributed by atoms with van der Waals surface area (Å²) in [5, 5.41) is 10.2. The van der Waals surface area contributed by atoms with Gasteiger partial charge in [-0.05, 0) is 48.7 Å². The third kappa shape index (κ3) is 3.71. The topological polar surface area (TPSA) is 36.4 Å². The predicted molar refractivity (Wildman–Crippen MR) is 83.3 cm³/mol. The van der Waals surface area contributed by atoms with Crippen molar-refractivity contribution in [1.82, 2.24) is 4.98 Å². The number of nitrogens with zero attached hydrogens (tertiary/aromatic N) is 2. The summed E-state index contributed by atoms with van der Waals surface area (Å²) in [5.41, 5.74) is 3.07. The van der Waals surface area contributed by atoms with Gasteiger partial charge in [0.25, 0.3) is 0 Å². The van der Waals surface area contributed by atoms with Crippen molar-refractivity contribution >= 4 is 17.3 Å². The van der Waals surface area contributed by atoms with E-state index in [1.54, 1.807) is 6.92 Å². The van der Waals surface area contributed by atoms with Crippen LogP contribution in [0.3, 0.4) is 0 Å². The summed E-state index contributed by atoms with van der Waals surface area (Å²) in [6.07, 6.45) is 4.03. The van der Waals surface area contributed by atoms with E-state index >= 15 is 0 Å². The van der Waals surface area contributed by atoms with Crippen LogP contribution >= 0.6 is 11.6 Å². The van der Waals surface area contributed by atoms with E-state index in [9.17, 15) is 5.11 Å². The van der Waals surface area contributed by atoms with Crippen molar-refractivity contribution < 1.29 is 5.11 Å². The Bertz CT molecular complexity index is 558. The maximum Gasteiger partial charge on any atom is 0.0776 e. The van der Waals surface area contributed by atoms with Crippen molar-refractivity contribution in [3.8, 4) is 0 Å². The van der Waals surface area contributed by atoms with Gasteiger partial charge in [0.05, 0.1) is 6.10 Å². The quantitative estimate of drug-likeness (QED) is 0.916. The number of anilines is 1.